The topological polar surface area (TPSA) is 88.4 Å². The highest BCUT2D eigenvalue weighted by Gasteiger charge is 2.24. The van der Waals surface area contributed by atoms with E-state index >= 15 is 0 Å². The molecule has 0 aliphatic heterocycles. The number of amides is 2. The molecule has 48 heavy (non-hydrogen) atoms. The summed E-state index contributed by atoms with van der Waals surface area (Å²) in [5.74, 6) is 0.819. The number of nitrogens with one attached hydrogen (secondary N) is 2. The molecule has 2 N–H and O–H groups in total. The lowest BCUT2D eigenvalue weighted by Crippen LogP contribution is -2.32. The van der Waals surface area contributed by atoms with Gasteiger partial charge in [-0.15, -0.1) is 0 Å². The van der Waals surface area contributed by atoms with Crippen molar-refractivity contribution in [1.29, 1.82) is 0 Å². The summed E-state index contributed by atoms with van der Waals surface area (Å²) >= 11 is 0. The number of rotatable bonds is 16. The first kappa shape index (κ1) is 39.9. The van der Waals surface area contributed by atoms with Crippen LogP contribution in [0.25, 0.3) is 0 Å². The lowest BCUT2D eigenvalue weighted by atomic mass is 10.0. The highest BCUT2D eigenvalue weighted by atomic mass is 16.2. The largest absolute Gasteiger partial charge is 0.322 e. The standard InChI is InChI=1S/C41H59N5O2/c1-13-16-23-42-38(31(8)15-3)40(48)44-37-27-36(45-46(37)41(10,11)12)22-20-33-26-35(21-18-32(33)9)43-39(47)34(25-29(6)14-2)19-17-30(7)24-28(4)5/h13,16-19,21,23,25-28,31H,1,14-15,20,22,24H2,2-12H3,(H,43,47)(H,44,48)/b23-16-,29-25?,30-17+,34-19+,42-38?. The monoisotopic (exact) mass is 653 g/mol. The summed E-state index contributed by atoms with van der Waals surface area (Å²) in [6, 6.07) is 8.00. The molecule has 0 fully saturated rings. The van der Waals surface area contributed by atoms with Crippen molar-refractivity contribution in [1.82, 2.24) is 9.78 Å². The van der Waals surface area contributed by atoms with Crippen LogP contribution in [0.2, 0.25) is 0 Å². The molecular formula is C41H59N5O2. The number of carbonyl (C=O) groups is 2. The SMILES string of the molecule is C=C/C=C\N=C(C(=O)Nc1cc(CCc2cc(NC(=O)/C(C=C(C)CC)=C/C=C(\C)CC(C)C)ccc2C)nn1C(C)(C)C)C(C)CC. The summed E-state index contributed by atoms with van der Waals surface area (Å²) in [5.41, 5.74) is 7.05. The fourth-order valence-electron chi connectivity index (χ4n) is 5.11. The molecule has 260 valence electrons. The maximum atomic E-state index is 13.5. The van der Waals surface area contributed by atoms with Crippen LogP contribution in [0, 0.1) is 18.8 Å². The number of carbonyl (C=O) groups excluding carboxylic acids is 2. The smallest absolute Gasteiger partial charge is 0.271 e. The predicted octanol–water partition coefficient (Wildman–Crippen LogP) is 10.1. The normalized spacial score (nSPS) is 14.1. The number of aryl methyl sites for hydroxylation is 3. The van der Waals surface area contributed by atoms with Crippen LogP contribution in [-0.4, -0.2) is 27.3 Å². The fourth-order valence-corrected chi connectivity index (χ4v) is 5.11. The van der Waals surface area contributed by atoms with Crippen LogP contribution in [0.15, 0.2) is 89.1 Å². The van der Waals surface area contributed by atoms with E-state index in [1.165, 1.54) is 5.57 Å². The second-order valence-electron chi connectivity index (χ2n) is 14.1. The molecule has 1 heterocycles. The first-order valence-corrected chi connectivity index (χ1v) is 17.3. The van der Waals surface area contributed by atoms with Gasteiger partial charge in [0.1, 0.15) is 11.5 Å². The van der Waals surface area contributed by atoms with Gasteiger partial charge >= 0.3 is 0 Å². The molecule has 7 nitrogen and oxygen atoms in total. The van der Waals surface area contributed by atoms with Crippen molar-refractivity contribution >= 4 is 29.0 Å². The van der Waals surface area contributed by atoms with Gasteiger partial charge in [-0.05, 0) is 115 Å². The molecule has 0 aliphatic rings. The second kappa shape index (κ2) is 18.9. The molecular weight excluding hydrogens is 594 g/mol. The maximum Gasteiger partial charge on any atom is 0.271 e. The molecule has 1 aromatic heterocycles. The van der Waals surface area contributed by atoms with E-state index in [2.05, 4.69) is 89.7 Å². The summed E-state index contributed by atoms with van der Waals surface area (Å²) in [4.78, 5) is 31.3. The molecule has 7 heteroatoms. The molecule has 0 radical (unpaired) electrons. The Morgan fingerprint density at radius 1 is 1.00 bits per heavy atom. The van der Waals surface area contributed by atoms with Crippen molar-refractivity contribution in [3.05, 3.63) is 101 Å². The molecule has 1 atom stereocenters. The highest BCUT2D eigenvalue weighted by molar-refractivity contribution is 6.43. The van der Waals surface area contributed by atoms with Crippen molar-refractivity contribution in [3.8, 4) is 0 Å². The van der Waals surface area contributed by atoms with Gasteiger partial charge in [0, 0.05) is 29.4 Å². The number of aromatic nitrogens is 2. The quantitative estimate of drug-likeness (QED) is 0.107. The van der Waals surface area contributed by atoms with Gasteiger partial charge in [0.05, 0.1) is 11.2 Å². The summed E-state index contributed by atoms with van der Waals surface area (Å²) in [6.45, 7) is 26.6. The highest BCUT2D eigenvalue weighted by Crippen LogP contribution is 2.24. The van der Waals surface area contributed by atoms with Crippen LogP contribution in [0.1, 0.15) is 105 Å². The van der Waals surface area contributed by atoms with Crippen molar-refractivity contribution in [2.75, 3.05) is 10.6 Å². The molecule has 1 unspecified atom stereocenters. The first-order valence-electron chi connectivity index (χ1n) is 17.3. The molecule has 0 saturated heterocycles. The Balaban J connectivity index is 2.32. The minimum Gasteiger partial charge on any atom is -0.322 e. The third-order valence-corrected chi connectivity index (χ3v) is 8.14. The van der Waals surface area contributed by atoms with Crippen molar-refractivity contribution < 1.29 is 9.59 Å². The average molecular weight is 654 g/mol. The van der Waals surface area contributed by atoms with Crippen LogP contribution in [0.3, 0.4) is 0 Å². The molecule has 2 aromatic rings. The fraction of sp³-hybridized carbons (Fsp3) is 0.463. The van der Waals surface area contributed by atoms with Gasteiger partial charge in [-0.1, -0.05) is 76.6 Å². The minimum absolute atomic E-state index is 0.00981. The van der Waals surface area contributed by atoms with E-state index in [0.717, 1.165) is 53.8 Å². The van der Waals surface area contributed by atoms with E-state index in [1.807, 2.05) is 55.8 Å². The summed E-state index contributed by atoms with van der Waals surface area (Å²) in [6.07, 6.45) is 15.0. The van der Waals surface area contributed by atoms with Crippen LogP contribution in [-0.2, 0) is 28.0 Å². The average Bonchev–Trinajstić information content (AvgIpc) is 3.43. The van der Waals surface area contributed by atoms with Gasteiger partial charge in [-0.25, -0.2) is 4.68 Å². The lowest BCUT2D eigenvalue weighted by molar-refractivity contribution is -0.112. The Kier molecular flexibility index (Phi) is 15.7. The minimum atomic E-state index is -0.351. The number of benzene rings is 1. The molecule has 0 spiro atoms. The third-order valence-electron chi connectivity index (χ3n) is 8.14. The zero-order chi connectivity index (χ0) is 36.0. The second-order valence-corrected chi connectivity index (χ2v) is 14.1. The first-order chi connectivity index (χ1) is 22.6. The van der Waals surface area contributed by atoms with Crippen molar-refractivity contribution in [2.45, 2.75) is 114 Å². The molecule has 2 rings (SSSR count). The van der Waals surface area contributed by atoms with E-state index in [4.69, 9.17) is 5.10 Å². The number of hydrogen-bond acceptors (Lipinski definition) is 4. The van der Waals surface area contributed by atoms with E-state index in [0.29, 0.717) is 29.4 Å². The molecule has 0 bridgehead atoms. The zero-order valence-electron chi connectivity index (χ0n) is 31.3. The van der Waals surface area contributed by atoms with Crippen molar-refractivity contribution in [3.63, 3.8) is 0 Å². The van der Waals surface area contributed by atoms with Crippen molar-refractivity contribution in [2.24, 2.45) is 16.8 Å². The van der Waals surface area contributed by atoms with Gasteiger partial charge in [-0.3, -0.25) is 14.6 Å². The van der Waals surface area contributed by atoms with Crippen LogP contribution >= 0.6 is 0 Å². The lowest BCUT2D eigenvalue weighted by Gasteiger charge is -2.23. The van der Waals surface area contributed by atoms with Gasteiger partial charge in [-0.2, -0.15) is 5.10 Å². The van der Waals surface area contributed by atoms with E-state index in [-0.39, 0.29) is 23.3 Å². The molecule has 0 aliphatic carbocycles. The molecule has 0 saturated carbocycles. The Labute approximate surface area is 290 Å². The van der Waals surface area contributed by atoms with E-state index in [9.17, 15) is 9.59 Å². The van der Waals surface area contributed by atoms with E-state index in [1.54, 1.807) is 18.4 Å². The van der Waals surface area contributed by atoms with Gasteiger partial charge in [0.25, 0.3) is 11.8 Å². The Bertz CT molecular complexity index is 1570. The predicted molar refractivity (Wildman–Crippen MR) is 205 cm³/mol. The number of aliphatic imine (C=N–C) groups is 1. The Morgan fingerprint density at radius 3 is 2.31 bits per heavy atom. The number of nitrogens with zero attached hydrogens (tertiary/aromatic N) is 3. The molecule has 1 aromatic carbocycles. The summed E-state index contributed by atoms with van der Waals surface area (Å²) < 4.78 is 1.87. The maximum absolute atomic E-state index is 13.5. The zero-order valence-corrected chi connectivity index (χ0v) is 31.3. The number of anilines is 2. The molecule has 2 amide bonds. The van der Waals surface area contributed by atoms with Gasteiger partial charge < -0.3 is 10.6 Å². The van der Waals surface area contributed by atoms with Gasteiger partial charge in [0.15, 0.2) is 0 Å². The summed E-state index contributed by atoms with van der Waals surface area (Å²) in [5, 5.41) is 11.1. The Hall–Kier alpha value is -4.26. The van der Waals surface area contributed by atoms with Crippen LogP contribution < -0.4 is 10.6 Å². The Morgan fingerprint density at radius 2 is 1.71 bits per heavy atom. The van der Waals surface area contributed by atoms with Crippen LogP contribution in [0.4, 0.5) is 11.5 Å². The third kappa shape index (κ3) is 12.7. The number of hydrogen-bond donors (Lipinski definition) is 2. The number of allylic oxidation sites excluding steroid dienone is 6. The van der Waals surface area contributed by atoms with Gasteiger partial charge in [0.2, 0.25) is 0 Å². The van der Waals surface area contributed by atoms with E-state index < -0.39 is 0 Å². The summed E-state index contributed by atoms with van der Waals surface area (Å²) in [7, 11) is 0. The van der Waals surface area contributed by atoms with Crippen LogP contribution in [0.5, 0.6) is 0 Å².